The Hall–Kier alpha value is -2.12. The van der Waals surface area contributed by atoms with Crippen LogP contribution in [0.15, 0.2) is 64.9 Å². The molecule has 0 saturated heterocycles. The Kier molecular flexibility index (Phi) is 4.94. The van der Waals surface area contributed by atoms with E-state index in [2.05, 4.69) is 0 Å². The van der Waals surface area contributed by atoms with Gasteiger partial charge < -0.3 is 0 Å². The minimum absolute atomic E-state index is 0.139. The number of sulfone groups is 1. The van der Waals surface area contributed by atoms with Crippen LogP contribution in [0, 0.1) is 6.92 Å². The van der Waals surface area contributed by atoms with E-state index in [1.165, 1.54) is 10.4 Å². The third-order valence-corrected chi connectivity index (χ3v) is 7.63. The summed E-state index contributed by atoms with van der Waals surface area (Å²) in [6.45, 7) is 3.89. The first-order chi connectivity index (χ1) is 12.2. The highest BCUT2D eigenvalue weighted by molar-refractivity contribution is 7.95. The summed E-state index contributed by atoms with van der Waals surface area (Å²) in [4.78, 5) is 0.139. The molecule has 1 aliphatic rings. The van der Waals surface area contributed by atoms with Crippen molar-refractivity contribution in [1.82, 2.24) is 0 Å². The fourth-order valence-corrected chi connectivity index (χ4v) is 5.89. The summed E-state index contributed by atoms with van der Waals surface area (Å²) >= 11 is 0. The summed E-state index contributed by atoms with van der Waals surface area (Å²) in [6.07, 6.45) is 2.28. The molecule has 0 aliphatic carbocycles. The number of hydrogen-bond donors (Lipinski definition) is 0. The van der Waals surface area contributed by atoms with Crippen molar-refractivity contribution in [1.29, 1.82) is 0 Å². The van der Waals surface area contributed by atoms with E-state index < -0.39 is 25.9 Å². The maximum atomic E-state index is 13.3. The summed E-state index contributed by atoms with van der Waals surface area (Å²) in [5.74, 6) is -0.256. The predicted octanol–water partition coefficient (Wildman–Crippen LogP) is 3.06. The van der Waals surface area contributed by atoms with Crippen LogP contribution in [0.4, 0.5) is 5.69 Å². The van der Waals surface area contributed by atoms with Crippen LogP contribution in [0.1, 0.15) is 18.1 Å². The van der Waals surface area contributed by atoms with Gasteiger partial charge in [0.2, 0.25) is 0 Å². The van der Waals surface area contributed by atoms with Crippen LogP contribution >= 0.6 is 0 Å². The maximum Gasteiger partial charge on any atom is 0.264 e. The second kappa shape index (κ2) is 6.89. The van der Waals surface area contributed by atoms with Gasteiger partial charge in [-0.1, -0.05) is 36.8 Å². The van der Waals surface area contributed by atoms with Crippen molar-refractivity contribution in [3.63, 3.8) is 0 Å². The number of benzene rings is 2. The van der Waals surface area contributed by atoms with Crippen LogP contribution in [0.2, 0.25) is 0 Å². The number of rotatable bonds is 5. The second-order valence-corrected chi connectivity index (χ2v) is 10.1. The SMILES string of the molecule is CCc1ccc(N(C2C=CS(=O)(=O)C2)S(=O)(=O)c2ccc(C)cc2)cc1. The van der Waals surface area contributed by atoms with E-state index in [0.717, 1.165) is 23.0 Å². The molecule has 1 heterocycles. The number of aryl methyl sites for hydroxylation is 2. The number of sulfonamides is 1. The fraction of sp³-hybridized carbons (Fsp3) is 0.263. The van der Waals surface area contributed by atoms with E-state index in [1.807, 2.05) is 26.0 Å². The Labute approximate surface area is 154 Å². The first kappa shape index (κ1) is 18.7. The molecule has 0 aromatic heterocycles. The van der Waals surface area contributed by atoms with E-state index >= 15 is 0 Å². The monoisotopic (exact) mass is 391 g/mol. The van der Waals surface area contributed by atoms with E-state index in [4.69, 9.17) is 0 Å². The molecule has 0 amide bonds. The van der Waals surface area contributed by atoms with E-state index in [9.17, 15) is 16.8 Å². The normalized spacial score (nSPS) is 18.8. The molecule has 2 aromatic carbocycles. The van der Waals surface area contributed by atoms with Crippen molar-refractivity contribution in [2.45, 2.75) is 31.2 Å². The Morgan fingerprint density at radius 1 is 1.04 bits per heavy atom. The van der Waals surface area contributed by atoms with Gasteiger partial charge in [0.1, 0.15) is 0 Å². The smallest absolute Gasteiger partial charge is 0.258 e. The maximum absolute atomic E-state index is 13.3. The lowest BCUT2D eigenvalue weighted by Crippen LogP contribution is -2.41. The van der Waals surface area contributed by atoms with Crippen molar-refractivity contribution < 1.29 is 16.8 Å². The molecule has 0 bridgehead atoms. The molecule has 3 rings (SSSR count). The van der Waals surface area contributed by atoms with Gasteiger partial charge >= 0.3 is 0 Å². The zero-order chi connectivity index (χ0) is 18.9. The largest absolute Gasteiger partial charge is 0.264 e. The average Bonchev–Trinajstić information content (AvgIpc) is 2.95. The summed E-state index contributed by atoms with van der Waals surface area (Å²) < 4.78 is 51.5. The molecule has 7 heteroatoms. The van der Waals surface area contributed by atoms with Crippen LogP contribution in [0.25, 0.3) is 0 Å². The van der Waals surface area contributed by atoms with Crippen LogP contribution < -0.4 is 4.31 Å². The Bertz CT molecular complexity index is 1020. The molecule has 26 heavy (non-hydrogen) atoms. The topological polar surface area (TPSA) is 71.5 Å². The first-order valence-electron chi connectivity index (χ1n) is 8.34. The molecule has 0 N–H and O–H groups in total. The van der Waals surface area contributed by atoms with E-state index in [1.54, 1.807) is 36.4 Å². The lowest BCUT2D eigenvalue weighted by Gasteiger charge is -2.29. The minimum atomic E-state index is -3.91. The van der Waals surface area contributed by atoms with Crippen molar-refractivity contribution in [2.24, 2.45) is 0 Å². The Balaban J connectivity index is 2.10. The Morgan fingerprint density at radius 3 is 2.15 bits per heavy atom. The zero-order valence-corrected chi connectivity index (χ0v) is 16.3. The van der Waals surface area contributed by atoms with Gasteiger partial charge in [0.25, 0.3) is 10.0 Å². The van der Waals surface area contributed by atoms with Gasteiger partial charge in [-0.15, -0.1) is 0 Å². The summed E-state index contributed by atoms with van der Waals surface area (Å²) in [5, 5.41) is 1.09. The van der Waals surface area contributed by atoms with E-state index in [0.29, 0.717) is 5.69 Å². The van der Waals surface area contributed by atoms with Crippen molar-refractivity contribution >= 4 is 25.5 Å². The molecule has 0 radical (unpaired) electrons. The highest BCUT2D eigenvalue weighted by atomic mass is 32.2. The van der Waals surface area contributed by atoms with Gasteiger partial charge in [0.05, 0.1) is 22.4 Å². The summed E-state index contributed by atoms with van der Waals surface area (Å²) in [7, 11) is -7.30. The second-order valence-electron chi connectivity index (χ2n) is 6.36. The van der Waals surface area contributed by atoms with Crippen molar-refractivity contribution in [3.05, 3.63) is 71.1 Å². The summed E-state index contributed by atoms with van der Waals surface area (Å²) in [6, 6.07) is 13.0. The molecule has 5 nitrogen and oxygen atoms in total. The molecule has 138 valence electrons. The van der Waals surface area contributed by atoms with Crippen LogP contribution in [-0.2, 0) is 26.3 Å². The predicted molar refractivity (Wildman–Crippen MR) is 103 cm³/mol. The fourth-order valence-electron chi connectivity index (χ4n) is 2.92. The third-order valence-electron chi connectivity index (χ3n) is 4.39. The summed E-state index contributed by atoms with van der Waals surface area (Å²) in [5.41, 5.74) is 2.48. The molecule has 0 spiro atoms. The first-order valence-corrected chi connectivity index (χ1v) is 11.5. The van der Waals surface area contributed by atoms with Crippen molar-refractivity contribution in [3.8, 4) is 0 Å². The van der Waals surface area contributed by atoms with Gasteiger partial charge in [0, 0.05) is 5.41 Å². The highest BCUT2D eigenvalue weighted by Crippen LogP contribution is 2.30. The third kappa shape index (κ3) is 3.68. The van der Waals surface area contributed by atoms with Gasteiger partial charge in [-0.25, -0.2) is 16.8 Å². The van der Waals surface area contributed by atoms with Gasteiger partial charge in [-0.2, -0.15) is 0 Å². The molecule has 1 aliphatic heterocycles. The molecule has 0 saturated carbocycles. The minimum Gasteiger partial charge on any atom is -0.258 e. The molecular weight excluding hydrogens is 370 g/mol. The quantitative estimate of drug-likeness (QED) is 0.785. The average molecular weight is 392 g/mol. The number of nitrogens with zero attached hydrogens (tertiary/aromatic N) is 1. The zero-order valence-electron chi connectivity index (χ0n) is 14.7. The lowest BCUT2D eigenvalue weighted by atomic mass is 10.1. The van der Waals surface area contributed by atoms with Gasteiger partial charge in [-0.3, -0.25) is 4.31 Å². The number of anilines is 1. The molecule has 1 unspecified atom stereocenters. The molecule has 1 atom stereocenters. The Morgan fingerprint density at radius 2 is 1.65 bits per heavy atom. The van der Waals surface area contributed by atoms with Crippen LogP contribution in [0.5, 0.6) is 0 Å². The van der Waals surface area contributed by atoms with Gasteiger partial charge in [-0.05, 0) is 49.2 Å². The van der Waals surface area contributed by atoms with Gasteiger partial charge in [0.15, 0.2) is 9.84 Å². The van der Waals surface area contributed by atoms with E-state index in [-0.39, 0.29) is 10.6 Å². The van der Waals surface area contributed by atoms with Crippen molar-refractivity contribution in [2.75, 3.05) is 10.1 Å². The van der Waals surface area contributed by atoms with Crippen LogP contribution in [0.3, 0.4) is 0 Å². The van der Waals surface area contributed by atoms with Crippen LogP contribution in [-0.4, -0.2) is 28.6 Å². The molecule has 2 aromatic rings. The highest BCUT2D eigenvalue weighted by Gasteiger charge is 2.35. The number of hydrogen-bond acceptors (Lipinski definition) is 4. The standard InChI is InChI=1S/C19H21NO4S2/c1-3-16-6-8-17(9-7-16)20(18-12-13-25(21,22)14-18)26(23,24)19-10-4-15(2)5-11-19/h4-13,18H,3,14H2,1-2H3. The molecule has 0 fully saturated rings. The lowest BCUT2D eigenvalue weighted by molar-refractivity contribution is 0.586. The molecular formula is C19H21NO4S2.